The molecule has 0 saturated heterocycles. The average Bonchev–Trinajstić information content (AvgIpc) is 3.05. The summed E-state index contributed by atoms with van der Waals surface area (Å²) in [7, 11) is 0. The molecule has 7 heteroatoms. The van der Waals surface area contributed by atoms with Crippen LogP contribution in [0.3, 0.4) is 0 Å². The molecule has 0 spiro atoms. The maximum atomic E-state index is 12.0. The Morgan fingerprint density at radius 1 is 1.45 bits per heavy atom. The fourth-order valence-electron chi connectivity index (χ4n) is 2.59. The molecule has 0 unspecified atom stereocenters. The van der Waals surface area contributed by atoms with Crippen molar-refractivity contribution in [2.24, 2.45) is 5.92 Å². The minimum absolute atomic E-state index is 0.122. The summed E-state index contributed by atoms with van der Waals surface area (Å²) in [6, 6.07) is 5.57. The number of aromatic amines is 1. The number of carbonyl (C=O) groups is 1. The van der Waals surface area contributed by atoms with Crippen LogP contribution in [-0.2, 0) is 11.2 Å². The number of H-pyrrole nitrogens is 1. The summed E-state index contributed by atoms with van der Waals surface area (Å²) >= 11 is 0. The van der Waals surface area contributed by atoms with E-state index in [0.717, 1.165) is 18.5 Å². The Hall–Kier alpha value is -2.62. The summed E-state index contributed by atoms with van der Waals surface area (Å²) in [6.45, 7) is 3.65. The molecule has 2 aromatic heterocycles. The largest absolute Gasteiger partial charge is 0.300 e. The fraction of sp³-hybridized carbons (Fsp3) is 0.467. The number of nitrogens with zero attached hydrogens (tertiary/aromatic N) is 5. The molecule has 0 aliphatic rings. The average molecular weight is 298 g/mol. The lowest BCUT2D eigenvalue weighted by atomic mass is 9.82. The minimum Gasteiger partial charge on any atom is -0.300 e. The zero-order valence-corrected chi connectivity index (χ0v) is 12.7. The standard InChI is InChI=1S/C15H18N6O/c1-3-4-13(10(2)22)14(15-18-20-21-19-15)7-12-6-5-11(8-16)9-17-12/h5-6,9,13-14H,3-4,7H2,1-2H3,(H,18,19,20,21)/t13-,14+/m1/s1. The number of pyridine rings is 1. The third kappa shape index (κ3) is 3.73. The van der Waals surface area contributed by atoms with E-state index >= 15 is 0 Å². The molecular formula is C15H18N6O. The van der Waals surface area contributed by atoms with Crippen molar-refractivity contribution in [1.29, 1.82) is 5.26 Å². The molecule has 2 heterocycles. The molecule has 22 heavy (non-hydrogen) atoms. The Balaban J connectivity index is 2.28. The Morgan fingerprint density at radius 2 is 2.27 bits per heavy atom. The van der Waals surface area contributed by atoms with Crippen molar-refractivity contribution in [1.82, 2.24) is 25.6 Å². The van der Waals surface area contributed by atoms with Crippen molar-refractivity contribution in [3.8, 4) is 6.07 Å². The zero-order valence-electron chi connectivity index (χ0n) is 12.7. The van der Waals surface area contributed by atoms with Gasteiger partial charge in [0.1, 0.15) is 11.9 Å². The first-order chi connectivity index (χ1) is 10.7. The Labute approximate surface area is 128 Å². The van der Waals surface area contributed by atoms with Crippen molar-refractivity contribution in [2.75, 3.05) is 0 Å². The van der Waals surface area contributed by atoms with Gasteiger partial charge in [-0.15, -0.1) is 5.10 Å². The number of rotatable bonds is 7. The monoisotopic (exact) mass is 298 g/mol. The molecule has 0 aromatic carbocycles. The fourth-order valence-corrected chi connectivity index (χ4v) is 2.59. The molecule has 0 saturated carbocycles. The van der Waals surface area contributed by atoms with E-state index in [9.17, 15) is 4.79 Å². The zero-order chi connectivity index (χ0) is 15.9. The van der Waals surface area contributed by atoms with E-state index < -0.39 is 0 Å². The summed E-state index contributed by atoms with van der Waals surface area (Å²) in [5.74, 6) is 0.418. The number of tetrazole rings is 1. The molecule has 114 valence electrons. The quantitative estimate of drug-likeness (QED) is 0.834. The van der Waals surface area contributed by atoms with Crippen LogP contribution < -0.4 is 0 Å². The molecule has 0 radical (unpaired) electrons. The summed E-state index contributed by atoms with van der Waals surface area (Å²) in [5.41, 5.74) is 1.32. The predicted octanol–water partition coefficient (Wildman–Crippen LogP) is 1.80. The van der Waals surface area contributed by atoms with E-state index in [4.69, 9.17) is 5.26 Å². The van der Waals surface area contributed by atoms with Gasteiger partial charge >= 0.3 is 0 Å². The molecule has 0 aliphatic heterocycles. The van der Waals surface area contributed by atoms with Crippen LogP contribution in [0.25, 0.3) is 0 Å². The lowest BCUT2D eigenvalue weighted by molar-refractivity contribution is -0.121. The van der Waals surface area contributed by atoms with Gasteiger partial charge in [0.25, 0.3) is 0 Å². The number of nitrogens with one attached hydrogen (secondary N) is 1. The third-order valence-electron chi connectivity index (χ3n) is 3.70. The Bertz CT molecular complexity index is 644. The lowest BCUT2D eigenvalue weighted by Crippen LogP contribution is -2.23. The predicted molar refractivity (Wildman–Crippen MR) is 78.7 cm³/mol. The van der Waals surface area contributed by atoms with Crippen LogP contribution >= 0.6 is 0 Å². The van der Waals surface area contributed by atoms with Crippen LogP contribution in [0.5, 0.6) is 0 Å². The molecule has 0 bridgehead atoms. The molecule has 1 N–H and O–H groups in total. The van der Waals surface area contributed by atoms with Crippen molar-refractivity contribution < 1.29 is 4.79 Å². The van der Waals surface area contributed by atoms with Gasteiger partial charge in [0.15, 0.2) is 5.82 Å². The highest BCUT2D eigenvalue weighted by molar-refractivity contribution is 5.79. The van der Waals surface area contributed by atoms with Crippen LogP contribution in [0.4, 0.5) is 0 Å². The number of Topliss-reactive ketones (excluding diaryl/α,β-unsaturated/α-hetero) is 1. The number of hydrogen-bond acceptors (Lipinski definition) is 6. The lowest BCUT2D eigenvalue weighted by Gasteiger charge is -2.22. The summed E-state index contributed by atoms with van der Waals surface area (Å²) in [4.78, 5) is 16.3. The van der Waals surface area contributed by atoms with Gasteiger partial charge in [-0.05, 0) is 35.9 Å². The van der Waals surface area contributed by atoms with Crippen LogP contribution in [0.2, 0.25) is 0 Å². The van der Waals surface area contributed by atoms with Crippen molar-refractivity contribution in [3.05, 3.63) is 35.4 Å². The Morgan fingerprint density at radius 3 is 2.77 bits per heavy atom. The molecule has 2 rings (SSSR count). The van der Waals surface area contributed by atoms with Gasteiger partial charge in [-0.1, -0.05) is 13.3 Å². The van der Waals surface area contributed by atoms with Crippen LogP contribution in [0.15, 0.2) is 18.3 Å². The molecule has 2 aromatic rings. The van der Waals surface area contributed by atoms with Crippen molar-refractivity contribution in [3.63, 3.8) is 0 Å². The van der Waals surface area contributed by atoms with Gasteiger partial charge in [0, 0.05) is 30.1 Å². The summed E-state index contributed by atoms with van der Waals surface area (Å²) < 4.78 is 0. The molecular weight excluding hydrogens is 280 g/mol. The molecule has 0 amide bonds. The summed E-state index contributed by atoms with van der Waals surface area (Å²) in [6.07, 6.45) is 3.76. The van der Waals surface area contributed by atoms with Crippen molar-refractivity contribution in [2.45, 2.75) is 39.0 Å². The highest BCUT2D eigenvalue weighted by atomic mass is 16.1. The minimum atomic E-state index is -0.155. The van der Waals surface area contributed by atoms with E-state index in [2.05, 4.69) is 25.6 Å². The van der Waals surface area contributed by atoms with Gasteiger partial charge in [-0.3, -0.25) is 9.78 Å². The number of hydrogen-bond donors (Lipinski definition) is 1. The van der Waals surface area contributed by atoms with Gasteiger partial charge in [-0.2, -0.15) is 5.26 Å². The number of nitriles is 1. The number of ketones is 1. The number of aromatic nitrogens is 5. The number of carbonyl (C=O) groups excluding carboxylic acids is 1. The first kappa shape index (κ1) is 15.8. The topological polar surface area (TPSA) is 108 Å². The van der Waals surface area contributed by atoms with Gasteiger partial charge < -0.3 is 0 Å². The SMILES string of the molecule is CCC[C@H](C(C)=O)[C@H](Cc1ccc(C#N)cn1)c1nnn[nH]1. The smallest absolute Gasteiger partial charge is 0.152 e. The second-order valence-electron chi connectivity index (χ2n) is 5.25. The molecule has 7 nitrogen and oxygen atoms in total. The third-order valence-corrected chi connectivity index (χ3v) is 3.70. The highest BCUT2D eigenvalue weighted by Crippen LogP contribution is 2.29. The van der Waals surface area contributed by atoms with Gasteiger partial charge in [-0.25, -0.2) is 5.10 Å². The maximum Gasteiger partial charge on any atom is 0.152 e. The van der Waals surface area contributed by atoms with Crippen LogP contribution in [-0.4, -0.2) is 31.4 Å². The van der Waals surface area contributed by atoms with Crippen LogP contribution in [0, 0.1) is 17.2 Å². The van der Waals surface area contributed by atoms with Crippen LogP contribution in [0.1, 0.15) is 49.7 Å². The first-order valence-corrected chi connectivity index (χ1v) is 7.24. The normalized spacial score (nSPS) is 13.3. The first-order valence-electron chi connectivity index (χ1n) is 7.24. The highest BCUT2D eigenvalue weighted by Gasteiger charge is 2.29. The molecule has 0 aliphatic carbocycles. The maximum absolute atomic E-state index is 12.0. The van der Waals surface area contributed by atoms with E-state index in [1.165, 1.54) is 6.20 Å². The Kier molecular flexibility index (Phi) is 5.31. The van der Waals surface area contributed by atoms with E-state index in [-0.39, 0.29) is 17.6 Å². The molecule has 0 fully saturated rings. The van der Waals surface area contributed by atoms with Crippen molar-refractivity contribution >= 4 is 5.78 Å². The summed E-state index contributed by atoms with van der Waals surface area (Å²) in [5, 5.41) is 22.8. The second kappa shape index (κ2) is 7.41. The van der Waals surface area contributed by atoms with E-state index in [1.807, 2.05) is 13.0 Å². The second-order valence-corrected chi connectivity index (χ2v) is 5.25. The van der Waals surface area contributed by atoms with Gasteiger partial charge in [0.05, 0.1) is 5.56 Å². The van der Waals surface area contributed by atoms with E-state index in [1.54, 1.807) is 19.1 Å². The molecule has 2 atom stereocenters. The van der Waals surface area contributed by atoms with E-state index in [0.29, 0.717) is 17.8 Å². The van der Waals surface area contributed by atoms with Gasteiger partial charge in [0.2, 0.25) is 0 Å².